The maximum atomic E-state index is 12.2. The van der Waals surface area contributed by atoms with Gasteiger partial charge in [0.1, 0.15) is 0 Å². The summed E-state index contributed by atoms with van der Waals surface area (Å²) in [7, 11) is 0. The minimum Gasteiger partial charge on any atom is -0.326 e. The van der Waals surface area contributed by atoms with E-state index in [1.807, 2.05) is 30.3 Å². The first-order valence-corrected chi connectivity index (χ1v) is 6.91. The van der Waals surface area contributed by atoms with Gasteiger partial charge in [-0.3, -0.25) is 14.5 Å². The van der Waals surface area contributed by atoms with Crippen molar-refractivity contribution in [2.24, 2.45) is 5.73 Å². The smallest absolute Gasteiger partial charge is 0.261 e. The van der Waals surface area contributed by atoms with Crippen molar-refractivity contribution in [3.8, 4) is 0 Å². The third-order valence-corrected chi connectivity index (χ3v) is 3.64. The molecule has 2 N–H and O–H groups in total. The van der Waals surface area contributed by atoms with Gasteiger partial charge in [0.05, 0.1) is 11.1 Å². The lowest BCUT2D eigenvalue weighted by molar-refractivity contribution is 0.0644. The molecule has 0 bridgehead atoms. The Labute approximate surface area is 123 Å². The molecule has 2 aromatic rings. The largest absolute Gasteiger partial charge is 0.326 e. The Hall–Kier alpha value is -2.46. The highest BCUT2D eigenvalue weighted by molar-refractivity contribution is 6.21. The normalized spacial score (nSPS) is 15.2. The fourth-order valence-corrected chi connectivity index (χ4v) is 2.62. The Bertz CT molecular complexity index is 647. The number of fused-ring (bicyclic) bond motifs is 1. The van der Waals surface area contributed by atoms with Gasteiger partial charge in [-0.15, -0.1) is 0 Å². The number of rotatable bonds is 4. The van der Waals surface area contributed by atoms with Gasteiger partial charge in [-0.25, -0.2) is 0 Å². The van der Waals surface area contributed by atoms with Gasteiger partial charge in [-0.2, -0.15) is 0 Å². The Balaban J connectivity index is 1.72. The average Bonchev–Trinajstić information content (AvgIpc) is 2.74. The highest BCUT2D eigenvalue weighted by Gasteiger charge is 2.35. The first kappa shape index (κ1) is 13.5. The van der Waals surface area contributed by atoms with Gasteiger partial charge in [-0.1, -0.05) is 42.5 Å². The van der Waals surface area contributed by atoms with Crippen LogP contribution in [-0.2, 0) is 6.42 Å². The van der Waals surface area contributed by atoms with E-state index in [1.165, 1.54) is 4.90 Å². The topological polar surface area (TPSA) is 63.4 Å². The van der Waals surface area contributed by atoms with Gasteiger partial charge in [0.15, 0.2) is 0 Å². The predicted molar refractivity (Wildman–Crippen MR) is 79.9 cm³/mol. The van der Waals surface area contributed by atoms with Crippen molar-refractivity contribution in [3.05, 3.63) is 71.3 Å². The zero-order chi connectivity index (χ0) is 14.8. The second-order valence-electron chi connectivity index (χ2n) is 5.22. The van der Waals surface area contributed by atoms with Crippen molar-refractivity contribution >= 4 is 11.8 Å². The van der Waals surface area contributed by atoms with Crippen LogP contribution in [0.3, 0.4) is 0 Å². The molecule has 106 valence electrons. The van der Waals surface area contributed by atoms with Gasteiger partial charge in [0.25, 0.3) is 11.8 Å². The van der Waals surface area contributed by atoms with Gasteiger partial charge < -0.3 is 5.73 Å². The molecule has 0 spiro atoms. The van der Waals surface area contributed by atoms with E-state index in [0.717, 1.165) is 5.56 Å². The van der Waals surface area contributed by atoms with E-state index < -0.39 is 0 Å². The van der Waals surface area contributed by atoms with Crippen LogP contribution in [0, 0.1) is 0 Å². The van der Waals surface area contributed by atoms with Gasteiger partial charge in [-0.05, 0) is 24.1 Å². The van der Waals surface area contributed by atoms with Crippen LogP contribution in [0.15, 0.2) is 54.6 Å². The number of benzene rings is 2. The van der Waals surface area contributed by atoms with Crippen molar-refractivity contribution in [1.29, 1.82) is 0 Å². The van der Waals surface area contributed by atoms with Crippen LogP contribution in [0.2, 0.25) is 0 Å². The number of carbonyl (C=O) groups excluding carboxylic acids is 2. The maximum Gasteiger partial charge on any atom is 0.261 e. The zero-order valence-corrected chi connectivity index (χ0v) is 11.5. The quantitative estimate of drug-likeness (QED) is 0.869. The minimum atomic E-state index is -0.269. The first-order valence-electron chi connectivity index (χ1n) is 6.91. The molecule has 0 fully saturated rings. The van der Waals surface area contributed by atoms with E-state index >= 15 is 0 Å². The minimum absolute atomic E-state index is 0.237. The zero-order valence-electron chi connectivity index (χ0n) is 11.5. The van der Waals surface area contributed by atoms with Crippen LogP contribution in [0.5, 0.6) is 0 Å². The second kappa shape index (κ2) is 5.50. The van der Waals surface area contributed by atoms with Gasteiger partial charge >= 0.3 is 0 Å². The molecule has 0 radical (unpaired) electrons. The van der Waals surface area contributed by atoms with Crippen molar-refractivity contribution in [1.82, 2.24) is 4.90 Å². The average molecular weight is 280 g/mol. The van der Waals surface area contributed by atoms with Gasteiger partial charge in [0, 0.05) is 12.6 Å². The lowest BCUT2D eigenvalue weighted by Gasteiger charge is -2.19. The summed E-state index contributed by atoms with van der Waals surface area (Å²) in [5, 5.41) is 0. The molecule has 4 heteroatoms. The SMILES string of the molecule is N[C@@H](Cc1ccccc1)CN1C(=O)c2ccccc2C1=O. The number of hydrogen-bond acceptors (Lipinski definition) is 3. The summed E-state index contributed by atoms with van der Waals surface area (Å²) in [4.78, 5) is 25.7. The maximum absolute atomic E-state index is 12.2. The molecule has 21 heavy (non-hydrogen) atoms. The predicted octanol–water partition coefficient (Wildman–Crippen LogP) is 1.85. The van der Waals surface area contributed by atoms with Crippen LogP contribution in [-0.4, -0.2) is 29.3 Å². The Morgan fingerprint density at radius 2 is 1.38 bits per heavy atom. The number of nitrogens with zero attached hydrogens (tertiary/aromatic N) is 1. The summed E-state index contributed by atoms with van der Waals surface area (Å²) in [5.41, 5.74) is 8.13. The molecule has 0 unspecified atom stereocenters. The van der Waals surface area contributed by atoms with Crippen molar-refractivity contribution < 1.29 is 9.59 Å². The molecular weight excluding hydrogens is 264 g/mol. The summed E-state index contributed by atoms with van der Waals surface area (Å²) >= 11 is 0. The van der Waals surface area contributed by atoms with E-state index in [0.29, 0.717) is 17.5 Å². The molecule has 1 atom stereocenters. The lowest BCUT2D eigenvalue weighted by Crippen LogP contribution is -2.41. The summed E-state index contributed by atoms with van der Waals surface area (Å²) in [6.45, 7) is 0.237. The molecule has 1 aliphatic heterocycles. The number of imide groups is 1. The van der Waals surface area contributed by atoms with E-state index in [9.17, 15) is 9.59 Å². The summed E-state index contributed by atoms with van der Waals surface area (Å²) in [6.07, 6.45) is 0.633. The molecule has 1 aliphatic rings. The van der Waals surface area contributed by atoms with E-state index in [2.05, 4.69) is 0 Å². The standard InChI is InChI=1S/C17H16N2O2/c18-13(10-12-6-2-1-3-7-12)11-19-16(20)14-8-4-5-9-15(14)17(19)21/h1-9,13H,10-11,18H2/t13-/m0/s1. The first-order chi connectivity index (χ1) is 10.2. The van der Waals surface area contributed by atoms with Crippen LogP contribution >= 0.6 is 0 Å². The highest BCUT2D eigenvalue weighted by Crippen LogP contribution is 2.22. The summed E-state index contributed by atoms with van der Waals surface area (Å²) < 4.78 is 0. The van der Waals surface area contributed by atoms with E-state index in [4.69, 9.17) is 5.73 Å². The fourth-order valence-electron chi connectivity index (χ4n) is 2.62. The van der Waals surface area contributed by atoms with Crippen molar-refractivity contribution in [3.63, 3.8) is 0 Å². The molecule has 0 aliphatic carbocycles. The van der Waals surface area contributed by atoms with E-state index in [1.54, 1.807) is 24.3 Å². The Kier molecular flexibility index (Phi) is 3.54. The van der Waals surface area contributed by atoms with Crippen LogP contribution in [0.1, 0.15) is 26.3 Å². The molecule has 0 saturated heterocycles. The monoisotopic (exact) mass is 280 g/mol. The third kappa shape index (κ3) is 2.58. The van der Waals surface area contributed by atoms with E-state index in [-0.39, 0.29) is 24.4 Å². The lowest BCUT2D eigenvalue weighted by atomic mass is 10.1. The molecule has 0 saturated carbocycles. The number of carbonyl (C=O) groups is 2. The van der Waals surface area contributed by atoms with Crippen LogP contribution in [0.25, 0.3) is 0 Å². The fraction of sp³-hybridized carbons (Fsp3) is 0.176. The Morgan fingerprint density at radius 3 is 1.95 bits per heavy atom. The Morgan fingerprint density at radius 1 is 0.857 bits per heavy atom. The molecule has 3 rings (SSSR count). The molecule has 2 amide bonds. The third-order valence-electron chi connectivity index (χ3n) is 3.64. The molecule has 4 nitrogen and oxygen atoms in total. The van der Waals surface area contributed by atoms with Gasteiger partial charge in [0.2, 0.25) is 0 Å². The van der Waals surface area contributed by atoms with Crippen LogP contribution in [0.4, 0.5) is 0 Å². The molecule has 2 aromatic carbocycles. The highest BCUT2D eigenvalue weighted by atomic mass is 16.2. The summed E-state index contributed by atoms with van der Waals surface area (Å²) in [6, 6.07) is 16.4. The second-order valence-corrected chi connectivity index (χ2v) is 5.22. The molecule has 1 heterocycles. The number of nitrogens with two attached hydrogens (primary N) is 1. The van der Waals surface area contributed by atoms with Crippen LogP contribution < -0.4 is 5.73 Å². The number of amides is 2. The van der Waals surface area contributed by atoms with Crippen molar-refractivity contribution in [2.75, 3.05) is 6.54 Å². The van der Waals surface area contributed by atoms with Crippen molar-refractivity contribution in [2.45, 2.75) is 12.5 Å². The molecular formula is C17H16N2O2. The summed E-state index contributed by atoms with van der Waals surface area (Å²) in [5.74, 6) is -0.502. The molecule has 0 aromatic heterocycles. The number of hydrogen-bond donors (Lipinski definition) is 1.